The van der Waals surface area contributed by atoms with Crippen molar-refractivity contribution in [3.63, 3.8) is 0 Å². The fourth-order valence-electron chi connectivity index (χ4n) is 3.57. The maximum absolute atomic E-state index is 14.0. The third-order valence-electron chi connectivity index (χ3n) is 4.93. The molecule has 0 saturated carbocycles. The molecule has 2 aromatic heterocycles. The van der Waals surface area contributed by atoms with Gasteiger partial charge in [0, 0.05) is 12.6 Å². The molecule has 1 fully saturated rings. The van der Waals surface area contributed by atoms with Gasteiger partial charge in [-0.2, -0.15) is 5.10 Å². The lowest BCUT2D eigenvalue weighted by molar-refractivity contribution is -0.169. The molecule has 0 N–H and O–H groups in total. The van der Waals surface area contributed by atoms with Crippen molar-refractivity contribution in [1.82, 2.24) is 24.2 Å². The molecule has 0 bridgehead atoms. The zero-order chi connectivity index (χ0) is 19.3. The van der Waals surface area contributed by atoms with Crippen molar-refractivity contribution in [3.05, 3.63) is 45.6 Å². The second-order valence-electron chi connectivity index (χ2n) is 7.13. The van der Waals surface area contributed by atoms with Crippen molar-refractivity contribution in [1.29, 1.82) is 0 Å². The Hall–Kier alpha value is -2.65. The summed E-state index contributed by atoms with van der Waals surface area (Å²) in [5, 5.41) is 4.22. The molecule has 7 nitrogen and oxygen atoms in total. The molecule has 2 aliphatic heterocycles. The minimum absolute atomic E-state index is 0.0726. The smallest absolute Gasteiger partial charge is 0.329 e. The largest absolute Gasteiger partial charge is 0.347 e. The maximum Gasteiger partial charge on any atom is 0.347 e. The first-order valence-corrected chi connectivity index (χ1v) is 8.71. The number of alkyl halides is 2. The summed E-state index contributed by atoms with van der Waals surface area (Å²) in [5.41, 5.74) is 0.172. The molecule has 0 aliphatic carbocycles. The van der Waals surface area contributed by atoms with Crippen LogP contribution in [0.5, 0.6) is 0 Å². The zero-order valence-corrected chi connectivity index (χ0v) is 14.7. The number of fused-ring (bicyclic) bond motifs is 1. The van der Waals surface area contributed by atoms with Crippen LogP contribution in [-0.2, 0) is 17.8 Å². The Balaban J connectivity index is 1.62. The average molecular weight is 381 g/mol. The normalized spacial score (nSPS) is 20.9. The van der Waals surface area contributed by atoms with Gasteiger partial charge >= 0.3 is 5.69 Å². The number of hydrogen-bond donors (Lipinski definition) is 0. The van der Waals surface area contributed by atoms with E-state index in [9.17, 15) is 22.8 Å². The molecule has 0 spiro atoms. The van der Waals surface area contributed by atoms with Crippen LogP contribution in [0.3, 0.4) is 0 Å². The highest BCUT2D eigenvalue weighted by Crippen LogP contribution is 2.31. The number of nitrogens with zero attached hydrogens (tertiary/aromatic N) is 5. The van der Waals surface area contributed by atoms with Crippen LogP contribution in [0.2, 0.25) is 0 Å². The fraction of sp³-hybridized carbons (Fsp3) is 0.529. The maximum atomic E-state index is 14.0. The van der Waals surface area contributed by atoms with Gasteiger partial charge in [-0.25, -0.2) is 22.6 Å². The third kappa shape index (κ3) is 3.13. The van der Waals surface area contributed by atoms with Crippen LogP contribution < -0.4 is 5.69 Å². The number of pyridine rings is 1. The quantitative estimate of drug-likeness (QED) is 0.803. The van der Waals surface area contributed by atoms with E-state index < -0.39 is 42.5 Å². The molecule has 4 rings (SSSR count). The number of aromatic nitrogens is 4. The number of hydrogen-bond acceptors (Lipinski definition) is 4. The highest BCUT2D eigenvalue weighted by Gasteiger charge is 2.48. The van der Waals surface area contributed by atoms with Gasteiger partial charge in [0.25, 0.3) is 5.92 Å². The van der Waals surface area contributed by atoms with Crippen LogP contribution in [0, 0.1) is 12.7 Å². The van der Waals surface area contributed by atoms with Crippen molar-refractivity contribution >= 4 is 5.91 Å². The lowest BCUT2D eigenvalue weighted by atomic mass is 10.0. The Kier molecular flexibility index (Phi) is 4.08. The number of carbonyl (C=O) groups is 1. The Morgan fingerprint density at radius 3 is 2.78 bits per heavy atom. The Morgan fingerprint density at radius 1 is 1.37 bits per heavy atom. The summed E-state index contributed by atoms with van der Waals surface area (Å²) in [4.78, 5) is 30.4. The van der Waals surface area contributed by atoms with E-state index in [0.29, 0.717) is 30.7 Å². The molecule has 1 amide bonds. The lowest BCUT2D eigenvalue weighted by Crippen LogP contribution is -2.60. The Bertz CT molecular complexity index is 960. The summed E-state index contributed by atoms with van der Waals surface area (Å²) >= 11 is 0. The molecule has 144 valence electrons. The third-order valence-corrected chi connectivity index (χ3v) is 4.93. The van der Waals surface area contributed by atoms with Gasteiger partial charge in [0.1, 0.15) is 17.7 Å². The predicted octanol–water partition coefficient (Wildman–Crippen LogP) is 1.29. The number of aryl methyl sites for hydroxylation is 2. The van der Waals surface area contributed by atoms with Gasteiger partial charge in [-0.3, -0.25) is 14.3 Å². The van der Waals surface area contributed by atoms with E-state index in [0.717, 1.165) is 9.58 Å². The minimum Gasteiger partial charge on any atom is -0.329 e. The van der Waals surface area contributed by atoms with E-state index in [4.69, 9.17) is 0 Å². The van der Waals surface area contributed by atoms with Crippen LogP contribution in [0.15, 0.2) is 17.1 Å². The van der Waals surface area contributed by atoms with Crippen LogP contribution in [-0.4, -0.2) is 49.2 Å². The fourth-order valence-corrected chi connectivity index (χ4v) is 3.57. The van der Waals surface area contributed by atoms with Crippen molar-refractivity contribution in [2.24, 2.45) is 0 Å². The Morgan fingerprint density at radius 2 is 2.11 bits per heavy atom. The number of rotatable bonds is 3. The van der Waals surface area contributed by atoms with Crippen LogP contribution >= 0.6 is 0 Å². The Labute approximate surface area is 152 Å². The van der Waals surface area contributed by atoms with E-state index in [1.165, 1.54) is 16.8 Å². The molecular formula is C17H18F3N5O2. The number of amides is 1. The van der Waals surface area contributed by atoms with Gasteiger partial charge < -0.3 is 4.90 Å². The van der Waals surface area contributed by atoms with Crippen LogP contribution in [0.1, 0.15) is 36.0 Å². The molecule has 2 aliphatic rings. The van der Waals surface area contributed by atoms with Gasteiger partial charge in [0.2, 0.25) is 5.91 Å². The lowest BCUT2D eigenvalue weighted by Gasteiger charge is -2.41. The van der Waals surface area contributed by atoms with Crippen LogP contribution in [0.4, 0.5) is 13.2 Å². The van der Waals surface area contributed by atoms with Crippen LogP contribution in [0.25, 0.3) is 0 Å². The van der Waals surface area contributed by atoms with Gasteiger partial charge in [-0.1, -0.05) is 0 Å². The van der Waals surface area contributed by atoms with E-state index in [1.807, 2.05) is 0 Å². The van der Waals surface area contributed by atoms with Crippen molar-refractivity contribution in [2.45, 2.75) is 44.7 Å². The first-order valence-electron chi connectivity index (χ1n) is 8.71. The first-order chi connectivity index (χ1) is 12.7. The zero-order valence-electron chi connectivity index (χ0n) is 14.7. The van der Waals surface area contributed by atoms with Crippen molar-refractivity contribution in [2.75, 3.05) is 13.1 Å². The molecule has 2 aromatic rings. The summed E-state index contributed by atoms with van der Waals surface area (Å²) in [6.07, 6.45) is 2.99. The van der Waals surface area contributed by atoms with Crippen molar-refractivity contribution < 1.29 is 18.0 Å². The monoisotopic (exact) mass is 381 g/mol. The molecule has 27 heavy (non-hydrogen) atoms. The molecule has 1 saturated heterocycles. The van der Waals surface area contributed by atoms with Gasteiger partial charge in [0.15, 0.2) is 0 Å². The summed E-state index contributed by atoms with van der Waals surface area (Å²) in [7, 11) is 0. The molecule has 10 heteroatoms. The molecule has 1 atom stereocenters. The second kappa shape index (κ2) is 6.21. The van der Waals surface area contributed by atoms with Gasteiger partial charge in [0.05, 0.1) is 25.3 Å². The van der Waals surface area contributed by atoms with Gasteiger partial charge in [-0.05, 0) is 31.4 Å². The molecule has 1 unspecified atom stereocenters. The van der Waals surface area contributed by atoms with E-state index >= 15 is 0 Å². The second-order valence-corrected chi connectivity index (χ2v) is 7.13. The number of likely N-dealkylation sites (tertiary alicyclic amines) is 1. The molecular weight excluding hydrogens is 363 g/mol. The number of halogens is 3. The molecule has 0 radical (unpaired) electrons. The summed E-state index contributed by atoms with van der Waals surface area (Å²) < 4.78 is 42.5. The average Bonchev–Trinajstić information content (AvgIpc) is 2.90. The minimum atomic E-state index is -2.86. The molecule has 0 aromatic carbocycles. The summed E-state index contributed by atoms with van der Waals surface area (Å²) in [5.74, 6) is -3.49. The molecule has 4 heterocycles. The highest BCUT2D eigenvalue weighted by molar-refractivity contribution is 5.81. The summed E-state index contributed by atoms with van der Waals surface area (Å²) in [6.45, 7) is 0.294. The van der Waals surface area contributed by atoms with E-state index in [2.05, 4.69) is 10.1 Å². The number of carbonyl (C=O) groups excluding carboxylic acids is 1. The highest BCUT2D eigenvalue weighted by atomic mass is 19.3. The standard InChI is InChI=1S/C17H18F3N5O2/c1-10-5-11(18)12(21-6-10)7-24-16(27)25-13(3-2-4-14(25)22-24)15(26)23-8-17(19,20)9-23/h5-6,13H,2-4,7-9H2,1H3. The summed E-state index contributed by atoms with van der Waals surface area (Å²) in [6, 6.07) is 0.474. The SMILES string of the molecule is Cc1cnc(Cn2nc3n(c2=O)C(C(=O)N2CC(F)(F)C2)CCC3)c(F)c1. The van der Waals surface area contributed by atoms with Gasteiger partial charge in [-0.15, -0.1) is 0 Å². The predicted molar refractivity (Wildman–Crippen MR) is 88.0 cm³/mol. The van der Waals surface area contributed by atoms with E-state index in [-0.39, 0.29) is 12.2 Å². The van der Waals surface area contributed by atoms with E-state index in [1.54, 1.807) is 6.92 Å². The first kappa shape index (κ1) is 17.7. The topological polar surface area (TPSA) is 73.0 Å². The van der Waals surface area contributed by atoms with Crippen molar-refractivity contribution in [3.8, 4) is 0 Å².